The number of aryl methyl sites for hydroxylation is 1. The quantitative estimate of drug-likeness (QED) is 0.525. The molecule has 2 aromatic carbocycles. The largest absolute Gasteiger partial charge is 0.484 e. The summed E-state index contributed by atoms with van der Waals surface area (Å²) in [5.41, 5.74) is 1.79. The molecule has 2 rings (SSSR count). The molecule has 30 heavy (non-hydrogen) atoms. The number of ether oxygens (including phenoxy) is 1. The van der Waals surface area contributed by atoms with Crippen LogP contribution in [0.5, 0.6) is 5.75 Å². The molecule has 0 saturated carbocycles. The third-order valence-electron chi connectivity index (χ3n) is 4.61. The van der Waals surface area contributed by atoms with Gasteiger partial charge in [-0.3, -0.25) is 9.59 Å². The van der Waals surface area contributed by atoms with Crippen LogP contribution in [0.3, 0.4) is 0 Å². The molecule has 0 bridgehead atoms. The Labute approximate surface area is 191 Å². The zero-order valence-corrected chi connectivity index (χ0v) is 20.1. The maximum Gasteiger partial charge on any atom is 0.261 e. The van der Waals surface area contributed by atoms with Gasteiger partial charge in [0.25, 0.3) is 5.91 Å². The molecule has 7 heteroatoms. The Hall–Kier alpha value is -2.05. The van der Waals surface area contributed by atoms with E-state index in [9.17, 15) is 9.59 Å². The van der Waals surface area contributed by atoms with Crippen LogP contribution >= 0.6 is 27.5 Å². The maximum absolute atomic E-state index is 13.1. The Kier molecular flexibility index (Phi) is 9.18. The van der Waals surface area contributed by atoms with E-state index in [0.29, 0.717) is 17.2 Å². The lowest BCUT2D eigenvalue weighted by Crippen LogP contribution is -2.51. The lowest BCUT2D eigenvalue weighted by atomic mass is 10.1. The Balaban J connectivity index is 2.23. The van der Waals surface area contributed by atoms with Gasteiger partial charge in [0.1, 0.15) is 11.8 Å². The van der Waals surface area contributed by atoms with E-state index in [1.807, 2.05) is 58.0 Å². The summed E-state index contributed by atoms with van der Waals surface area (Å²) in [6.45, 7) is 7.68. The van der Waals surface area contributed by atoms with Crippen molar-refractivity contribution in [3.05, 3.63) is 63.1 Å². The van der Waals surface area contributed by atoms with Gasteiger partial charge in [0.05, 0.1) is 0 Å². The van der Waals surface area contributed by atoms with Gasteiger partial charge in [-0.1, -0.05) is 52.7 Å². The third kappa shape index (κ3) is 6.74. The number of rotatable bonds is 9. The summed E-state index contributed by atoms with van der Waals surface area (Å²) in [4.78, 5) is 27.5. The van der Waals surface area contributed by atoms with Crippen molar-refractivity contribution in [2.75, 3.05) is 6.61 Å². The molecule has 5 nitrogen and oxygen atoms in total. The molecule has 1 atom stereocenters. The topological polar surface area (TPSA) is 58.6 Å². The first-order valence-corrected chi connectivity index (χ1v) is 11.1. The van der Waals surface area contributed by atoms with E-state index in [0.717, 1.165) is 15.6 Å². The Morgan fingerprint density at radius 2 is 1.90 bits per heavy atom. The molecule has 0 aromatic heterocycles. The Morgan fingerprint density at radius 1 is 1.20 bits per heavy atom. The molecule has 2 aromatic rings. The fourth-order valence-corrected chi connectivity index (χ4v) is 3.49. The van der Waals surface area contributed by atoms with Crippen molar-refractivity contribution in [1.29, 1.82) is 0 Å². The van der Waals surface area contributed by atoms with Gasteiger partial charge in [0.15, 0.2) is 6.61 Å². The van der Waals surface area contributed by atoms with E-state index in [4.69, 9.17) is 16.3 Å². The molecule has 1 N–H and O–H groups in total. The minimum atomic E-state index is -0.619. The highest BCUT2D eigenvalue weighted by atomic mass is 79.9. The first-order chi connectivity index (χ1) is 14.2. The lowest BCUT2D eigenvalue weighted by Gasteiger charge is -2.31. The number of nitrogens with zero attached hydrogens (tertiary/aromatic N) is 1. The fraction of sp³-hybridized carbons (Fsp3) is 0.391. The van der Waals surface area contributed by atoms with Crippen molar-refractivity contribution in [2.24, 2.45) is 0 Å². The summed E-state index contributed by atoms with van der Waals surface area (Å²) >= 11 is 9.77. The van der Waals surface area contributed by atoms with Gasteiger partial charge in [0.2, 0.25) is 5.91 Å². The summed E-state index contributed by atoms with van der Waals surface area (Å²) in [5, 5.41) is 3.46. The Bertz CT molecular complexity index is 889. The van der Waals surface area contributed by atoms with Gasteiger partial charge in [-0.15, -0.1) is 0 Å². The molecule has 0 fully saturated rings. The first-order valence-electron chi connectivity index (χ1n) is 9.95. The van der Waals surface area contributed by atoms with E-state index >= 15 is 0 Å². The molecule has 0 aliphatic rings. The number of amides is 2. The minimum Gasteiger partial charge on any atom is -0.484 e. The molecule has 2 amide bonds. The number of nitrogens with one attached hydrogen (secondary N) is 1. The number of carbonyl (C=O) groups excluding carboxylic acids is 2. The van der Waals surface area contributed by atoms with E-state index in [-0.39, 0.29) is 31.0 Å². The third-order valence-corrected chi connectivity index (χ3v) is 5.87. The highest BCUT2D eigenvalue weighted by Gasteiger charge is 2.29. The summed E-state index contributed by atoms with van der Waals surface area (Å²) in [6, 6.07) is 12.2. The van der Waals surface area contributed by atoms with Crippen molar-refractivity contribution >= 4 is 39.3 Å². The molecule has 0 spiro atoms. The summed E-state index contributed by atoms with van der Waals surface area (Å²) < 4.78 is 6.70. The van der Waals surface area contributed by atoms with Crippen LogP contribution in [0.4, 0.5) is 0 Å². The summed E-state index contributed by atoms with van der Waals surface area (Å²) in [5.74, 6) is 0.134. The standard InChI is InChI=1S/C23H28BrClN2O3/c1-5-21(23(29)26-15(2)3)27(13-17-8-6-7-9-20(17)25)22(28)14-30-18-10-11-19(24)16(4)12-18/h6-12,15,21H,5,13-14H2,1-4H3,(H,26,29)/t21-/m1/s1. The second-order valence-electron chi connectivity index (χ2n) is 7.40. The lowest BCUT2D eigenvalue weighted by molar-refractivity contribution is -0.143. The zero-order chi connectivity index (χ0) is 22.3. The van der Waals surface area contributed by atoms with Crippen LogP contribution in [0.2, 0.25) is 5.02 Å². The van der Waals surface area contributed by atoms with Crippen LogP contribution in [0, 0.1) is 6.92 Å². The second-order valence-corrected chi connectivity index (χ2v) is 8.66. The average Bonchev–Trinajstić information content (AvgIpc) is 2.69. The van der Waals surface area contributed by atoms with E-state index < -0.39 is 6.04 Å². The highest BCUT2D eigenvalue weighted by Crippen LogP contribution is 2.23. The molecule has 0 unspecified atom stereocenters. The zero-order valence-electron chi connectivity index (χ0n) is 17.7. The summed E-state index contributed by atoms with van der Waals surface area (Å²) in [6.07, 6.45) is 0.478. The van der Waals surface area contributed by atoms with E-state index in [1.165, 1.54) is 0 Å². The van der Waals surface area contributed by atoms with Crippen LogP contribution in [0.15, 0.2) is 46.9 Å². The molecular formula is C23H28BrClN2O3. The van der Waals surface area contributed by atoms with Gasteiger partial charge >= 0.3 is 0 Å². The van der Waals surface area contributed by atoms with Gasteiger partial charge in [-0.2, -0.15) is 0 Å². The van der Waals surface area contributed by atoms with Crippen molar-refractivity contribution < 1.29 is 14.3 Å². The number of benzene rings is 2. The normalized spacial score (nSPS) is 11.8. The van der Waals surface area contributed by atoms with Crippen molar-refractivity contribution in [3.8, 4) is 5.75 Å². The van der Waals surface area contributed by atoms with E-state index in [2.05, 4.69) is 21.2 Å². The molecular weight excluding hydrogens is 468 g/mol. The van der Waals surface area contributed by atoms with Crippen molar-refractivity contribution in [2.45, 2.75) is 52.7 Å². The fourth-order valence-electron chi connectivity index (χ4n) is 3.05. The van der Waals surface area contributed by atoms with Crippen molar-refractivity contribution in [3.63, 3.8) is 0 Å². The van der Waals surface area contributed by atoms with Crippen LogP contribution < -0.4 is 10.1 Å². The predicted molar refractivity (Wildman–Crippen MR) is 124 cm³/mol. The minimum absolute atomic E-state index is 0.0224. The van der Waals surface area contributed by atoms with Gasteiger partial charge < -0.3 is 15.0 Å². The highest BCUT2D eigenvalue weighted by molar-refractivity contribution is 9.10. The number of hydrogen-bond acceptors (Lipinski definition) is 3. The molecule has 0 radical (unpaired) electrons. The molecule has 0 heterocycles. The first kappa shape index (κ1) is 24.2. The predicted octanol–water partition coefficient (Wildman–Crippen LogP) is 5.12. The van der Waals surface area contributed by atoms with E-state index in [1.54, 1.807) is 17.0 Å². The van der Waals surface area contributed by atoms with Gasteiger partial charge in [0, 0.05) is 22.1 Å². The average molecular weight is 496 g/mol. The molecule has 162 valence electrons. The van der Waals surface area contributed by atoms with Gasteiger partial charge in [-0.05, 0) is 62.6 Å². The van der Waals surface area contributed by atoms with Gasteiger partial charge in [-0.25, -0.2) is 0 Å². The van der Waals surface area contributed by atoms with Crippen LogP contribution in [-0.2, 0) is 16.1 Å². The molecule has 0 saturated heterocycles. The monoisotopic (exact) mass is 494 g/mol. The second kappa shape index (κ2) is 11.4. The maximum atomic E-state index is 13.1. The number of carbonyl (C=O) groups is 2. The molecule has 0 aliphatic heterocycles. The van der Waals surface area contributed by atoms with Crippen molar-refractivity contribution in [1.82, 2.24) is 10.2 Å². The van der Waals surface area contributed by atoms with Crippen LogP contribution in [-0.4, -0.2) is 35.4 Å². The number of hydrogen-bond donors (Lipinski definition) is 1. The molecule has 0 aliphatic carbocycles. The summed E-state index contributed by atoms with van der Waals surface area (Å²) in [7, 11) is 0. The smallest absolute Gasteiger partial charge is 0.261 e. The Morgan fingerprint density at radius 3 is 2.50 bits per heavy atom. The SMILES string of the molecule is CC[C@H](C(=O)NC(C)C)N(Cc1ccccc1Cl)C(=O)COc1ccc(Br)c(C)c1. The number of halogens is 2. The van der Waals surface area contributed by atoms with Crippen LogP contribution in [0.1, 0.15) is 38.3 Å². The van der Waals surface area contributed by atoms with Crippen LogP contribution in [0.25, 0.3) is 0 Å².